The maximum atomic E-state index is 14.7. The number of amides is 2. The number of hydrogen-bond donors (Lipinski definition) is 2. The average molecular weight is 415 g/mol. The van der Waals surface area contributed by atoms with E-state index in [0.29, 0.717) is 42.6 Å². The van der Waals surface area contributed by atoms with Gasteiger partial charge in [0.05, 0.1) is 24.4 Å². The fourth-order valence-electron chi connectivity index (χ4n) is 3.76. The molecule has 30 heavy (non-hydrogen) atoms. The highest BCUT2D eigenvalue weighted by Crippen LogP contribution is 2.30. The third-order valence-corrected chi connectivity index (χ3v) is 5.02. The molecule has 2 N–H and O–H groups in total. The monoisotopic (exact) mass is 415 g/mol. The van der Waals surface area contributed by atoms with Crippen molar-refractivity contribution in [2.24, 2.45) is 0 Å². The Labute approximate surface area is 175 Å². The molecule has 2 aliphatic rings. The van der Waals surface area contributed by atoms with Crippen LogP contribution in [0, 0.1) is 5.82 Å². The van der Waals surface area contributed by atoms with Crippen LogP contribution in [-0.2, 0) is 4.74 Å². The van der Waals surface area contributed by atoms with E-state index in [-0.39, 0.29) is 30.7 Å². The largest absolute Gasteiger partial charge is 0.486 e. The summed E-state index contributed by atoms with van der Waals surface area (Å²) < 4.78 is 31.8. The van der Waals surface area contributed by atoms with Crippen LogP contribution < -0.4 is 25.0 Å². The molecule has 3 atom stereocenters. The van der Waals surface area contributed by atoms with Crippen LogP contribution in [0.25, 0.3) is 0 Å². The number of carbonyl (C=O) groups excluding carboxylic acids is 1. The number of para-hydroxylation sites is 2. The maximum absolute atomic E-state index is 14.7. The summed E-state index contributed by atoms with van der Waals surface area (Å²) >= 11 is 0. The minimum absolute atomic E-state index is 0.0367. The molecule has 2 aromatic rings. The first-order chi connectivity index (χ1) is 14.5. The number of urea groups is 1. The Hall–Kier alpha value is -3.00. The van der Waals surface area contributed by atoms with Gasteiger partial charge in [0.15, 0.2) is 17.6 Å². The van der Waals surface area contributed by atoms with Crippen LogP contribution in [0.15, 0.2) is 42.5 Å². The number of ether oxygens (including phenoxy) is 3. The van der Waals surface area contributed by atoms with Crippen LogP contribution in [0.5, 0.6) is 11.5 Å². The summed E-state index contributed by atoms with van der Waals surface area (Å²) in [6.07, 6.45) is -0.223. The number of nitrogens with zero attached hydrogens (tertiary/aromatic N) is 1. The molecule has 2 aromatic carbocycles. The number of morpholine rings is 1. The average Bonchev–Trinajstić information content (AvgIpc) is 2.71. The van der Waals surface area contributed by atoms with Crippen LogP contribution >= 0.6 is 0 Å². The fraction of sp³-hybridized carbons (Fsp3) is 0.409. The van der Waals surface area contributed by atoms with Crippen molar-refractivity contribution >= 4 is 17.4 Å². The highest BCUT2D eigenvalue weighted by molar-refractivity contribution is 5.89. The first-order valence-corrected chi connectivity index (χ1v) is 10.1. The molecule has 0 aliphatic carbocycles. The number of nitrogens with one attached hydrogen (secondary N) is 2. The predicted molar refractivity (Wildman–Crippen MR) is 112 cm³/mol. The molecule has 7 nitrogen and oxygen atoms in total. The van der Waals surface area contributed by atoms with Crippen molar-refractivity contribution in [3.8, 4) is 11.5 Å². The summed E-state index contributed by atoms with van der Waals surface area (Å²) in [6, 6.07) is 11.7. The highest BCUT2D eigenvalue weighted by Gasteiger charge is 2.25. The van der Waals surface area contributed by atoms with Gasteiger partial charge in [0.25, 0.3) is 0 Å². The molecule has 0 unspecified atom stereocenters. The molecule has 1 saturated heterocycles. The predicted octanol–water partition coefficient (Wildman–Crippen LogP) is 3.40. The Morgan fingerprint density at radius 3 is 2.60 bits per heavy atom. The Bertz CT molecular complexity index is 900. The molecule has 2 heterocycles. The van der Waals surface area contributed by atoms with Crippen molar-refractivity contribution in [3.05, 3.63) is 48.3 Å². The van der Waals surface area contributed by atoms with Gasteiger partial charge in [-0.2, -0.15) is 0 Å². The molecule has 4 rings (SSSR count). The van der Waals surface area contributed by atoms with E-state index in [4.69, 9.17) is 14.2 Å². The molecule has 0 radical (unpaired) electrons. The lowest BCUT2D eigenvalue weighted by Crippen LogP contribution is -2.45. The van der Waals surface area contributed by atoms with Crippen molar-refractivity contribution in [1.29, 1.82) is 0 Å². The number of hydrogen-bond acceptors (Lipinski definition) is 5. The SMILES string of the molecule is C[C@@H]1CN(c2ccc(NC(=O)NC[C@H]3COc4ccccc4O3)cc2F)C[C@@H](C)O1. The van der Waals surface area contributed by atoms with Crippen molar-refractivity contribution in [1.82, 2.24) is 5.32 Å². The molecule has 160 valence electrons. The van der Waals surface area contributed by atoms with Gasteiger partial charge in [0, 0.05) is 18.8 Å². The molecular formula is C22H26FN3O4. The Morgan fingerprint density at radius 2 is 1.87 bits per heavy atom. The lowest BCUT2D eigenvalue weighted by Gasteiger charge is -2.37. The van der Waals surface area contributed by atoms with Crippen LogP contribution in [0.4, 0.5) is 20.6 Å². The Balaban J connectivity index is 1.30. The molecule has 8 heteroatoms. The second-order valence-electron chi connectivity index (χ2n) is 7.66. The van der Waals surface area contributed by atoms with Crippen molar-refractivity contribution in [2.45, 2.75) is 32.2 Å². The number of halogens is 1. The molecule has 2 amide bonds. The van der Waals surface area contributed by atoms with Gasteiger partial charge in [0.1, 0.15) is 12.4 Å². The van der Waals surface area contributed by atoms with Gasteiger partial charge in [-0.3, -0.25) is 0 Å². The topological polar surface area (TPSA) is 72.1 Å². The molecule has 0 aromatic heterocycles. The van der Waals surface area contributed by atoms with E-state index < -0.39 is 6.03 Å². The molecular weight excluding hydrogens is 389 g/mol. The minimum Gasteiger partial charge on any atom is -0.486 e. The number of fused-ring (bicyclic) bond motifs is 1. The lowest BCUT2D eigenvalue weighted by molar-refractivity contribution is -0.00539. The van der Waals surface area contributed by atoms with E-state index in [1.54, 1.807) is 12.1 Å². The molecule has 0 spiro atoms. The summed E-state index contributed by atoms with van der Waals surface area (Å²) in [6.45, 7) is 5.81. The third-order valence-electron chi connectivity index (χ3n) is 5.02. The Kier molecular flexibility index (Phi) is 5.94. The van der Waals surface area contributed by atoms with Crippen LogP contribution in [0.2, 0.25) is 0 Å². The van der Waals surface area contributed by atoms with E-state index in [1.807, 2.05) is 43.0 Å². The minimum atomic E-state index is -0.432. The van der Waals surface area contributed by atoms with Crippen molar-refractivity contribution in [2.75, 3.05) is 36.5 Å². The zero-order valence-corrected chi connectivity index (χ0v) is 17.1. The second kappa shape index (κ2) is 8.79. The van der Waals surface area contributed by atoms with E-state index in [9.17, 15) is 9.18 Å². The lowest BCUT2D eigenvalue weighted by atomic mass is 10.2. The summed E-state index contributed by atoms with van der Waals surface area (Å²) in [4.78, 5) is 14.2. The van der Waals surface area contributed by atoms with Crippen molar-refractivity contribution < 1.29 is 23.4 Å². The van der Waals surface area contributed by atoms with Gasteiger partial charge in [-0.25, -0.2) is 9.18 Å². The summed E-state index contributed by atoms with van der Waals surface area (Å²) in [7, 11) is 0. The first kappa shape index (κ1) is 20.3. The highest BCUT2D eigenvalue weighted by atomic mass is 19.1. The van der Waals surface area contributed by atoms with Gasteiger partial charge in [-0.05, 0) is 44.2 Å². The fourth-order valence-corrected chi connectivity index (χ4v) is 3.76. The Morgan fingerprint density at radius 1 is 1.13 bits per heavy atom. The normalized spacial score (nSPS) is 23.0. The van der Waals surface area contributed by atoms with Gasteiger partial charge in [-0.1, -0.05) is 12.1 Å². The number of anilines is 2. The zero-order chi connectivity index (χ0) is 21.1. The summed E-state index contributed by atoms with van der Waals surface area (Å²) in [5.41, 5.74) is 0.892. The standard InChI is InChI=1S/C22H26FN3O4/c1-14-11-26(12-15(2)29-14)19-8-7-16(9-18(19)23)25-22(27)24-10-17-13-28-20-5-3-4-6-21(20)30-17/h3-9,14-15,17H,10-13H2,1-2H3,(H2,24,25,27)/t14-,15-,17+/m1/s1. The van der Waals surface area contributed by atoms with Crippen LogP contribution in [0.3, 0.4) is 0 Å². The maximum Gasteiger partial charge on any atom is 0.319 e. The molecule has 1 fully saturated rings. The van der Waals surface area contributed by atoms with Gasteiger partial charge < -0.3 is 29.7 Å². The number of benzene rings is 2. The zero-order valence-electron chi connectivity index (χ0n) is 17.1. The van der Waals surface area contributed by atoms with E-state index >= 15 is 0 Å². The van der Waals surface area contributed by atoms with Crippen LogP contribution in [-0.4, -0.2) is 50.6 Å². The van der Waals surface area contributed by atoms with E-state index in [0.717, 1.165) is 0 Å². The van der Waals surface area contributed by atoms with E-state index in [1.165, 1.54) is 6.07 Å². The quantitative estimate of drug-likeness (QED) is 0.801. The first-order valence-electron chi connectivity index (χ1n) is 10.1. The van der Waals surface area contributed by atoms with Gasteiger partial charge in [0.2, 0.25) is 0 Å². The van der Waals surface area contributed by atoms with E-state index in [2.05, 4.69) is 10.6 Å². The molecule has 0 saturated carbocycles. The number of carbonyl (C=O) groups is 1. The molecule has 0 bridgehead atoms. The molecule has 2 aliphatic heterocycles. The summed E-state index contributed by atoms with van der Waals surface area (Å²) in [5, 5.41) is 5.40. The summed E-state index contributed by atoms with van der Waals surface area (Å²) in [5.74, 6) is 0.966. The smallest absolute Gasteiger partial charge is 0.319 e. The van der Waals surface area contributed by atoms with Crippen molar-refractivity contribution in [3.63, 3.8) is 0 Å². The second-order valence-corrected chi connectivity index (χ2v) is 7.66. The van der Waals surface area contributed by atoms with Gasteiger partial charge >= 0.3 is 6.03 Å². The van der Waals surface area contributed by atoms with Gasteiger partial charge in [-0.15, -0.1) is 0 Å². The number of rotatable bonds is 4. The van der Waals surface area contributed by atoms with Crippen LogP contribution in [0.1, 0.15) is 13.8 Å². The third kappa shape index (κ3) is 4.76.